The van der Waals surface area contributed by atoms with E-state index in [1.54, 1.807) is 28.1 Å². The van der Waals surface area contributed by atoms with Crippen LogP contribution in [0.15, 0.2) is 24.7 Å². The molecule has 0 aliphatic carbocycles. The Labute approximate surface area is 177 Å². The highest BCUT2D eigenvalue weighted by Gasteiger charge is 2.35. The third kappa shape index (κ3) is 2.95. The lowest BCUT2D eigenvalue weighted by Gasteiger charge is -2.35. The van der Waals surface area contributed by atoms with E-state index in [9.17, 15) is 4.39 Å². The van der Waals surface area contributed by atoms with Crippen molar-refractivity contribution in [2.45, 2.75) is 50.7 Å². The Bertz CT molecular complexity index is 1250. The quantitative estimate of drug-likeness (QED) is 0.543. The van der Waals surface area contributed by atoms with Gasteiger partial charge in [-0.1, -0.05) is 11.3 Å². The fraction of sp³-hybridized carbons (Fsp3) is 0.429. The first-order chi connectivity index (χ1) is 14.5. The summed E-state index contributed by atoms with van der Waals surface area (Å²) in [5.41, 5.74) is 2.49. The zero-order valence-corrected chi connectivity index (χ0v) is 17.7. The Hall–Kier alpha value is -2.65. The first kappa shape index (κ1) is 18.1. The zero-order valence-electron chi connectivity index (χ0n) is 16.8. The molecule has 2 saturated heterocycles. The largest absolute Gasteiger partial charge is 0.348 e. The van der Waals surface area contributed by atoms with Crippen LogP contribution in [0.2, 0.25) is 0 Å². The van der Waals surface area contributed by atoms with E-state index in [1.165, 1.54) is 18.9 Å². The summed E-state index contributed by atoms with van der Waals surface area (Å²) < 4.78 is 16.2. The van der Waals surface area contributed by atoms with Gasteiger partial charge in [0.15, 0.2) is 22.4 Å². The van der Waals surface area contributed by atoms with E-state index in [0.717, 1.165) is 34.0 Å². The van der Waals surface area contributed by atoms with Gasteiger partial charge in [-0.3, -0.25) is 0 Å². The van der Waals surface area contributed by atoms with E-state index in [0.29, 0.717) is 35.2 Å². The van der Waals surface area contributed by atoms with Gasteiger partial charge in [0.2, 0.25) is 0 Å². The minimum atomic E-state index is -0.380. The maximum Gasteiger partial charge on any atom is 0.187 e. The number of thiazole rings is 1. The Balaban J connectivity index is 1.33. The minimum Gasteiger partial charge on any atom is -0.348 e. The third-order valence-electron chi connectivity index (χ3n) is 6.32. The second kappa shape index (κ2) is 6.68. The van der Waals surface area contributed by atoms with Crippen molar-refractivity contribution in [3.8, 4) is 11.4 Å². The minimum absolute atomic E-state index is 0.315. The number of aryl methyl sites for hydroxylation is 1. The van der Waals surface area contributed by atoms with Crippen LogP contribution in [0.1, 0.15) is 31.4 Å². The van der Waals surface area contributed by atoms with Gasteiger partial charge >= 0.3 is 0 Å². The molecule has 7 nitrogen and oxygen atoms in total. The van der Waals surface area contributed by atoms with E-state index >= 15 is 0 Å². The van der Waals surface area contributed by atoms with Gasteiger partial charge in [0.25, 0.3) is 0 Å². The molecule has 0 radical (unpaired) electrons. The van der Waals surface area contributed by atoms with Crippen LogP contribution in [0.5, 0.6) is 0 Å². The van der Waals surface area contributed by atoms with Crippen molar-refractivity contribution in [3.05, 3.63) is 36.2 Å². The van der Waals surface area contributed by atoms with E-state index in [4.69, 9.17) is 9.97 Å². The van der Waals surface area contributed by atoms with Crippen molar-refractivity contribution in [1.82, 2.24) is 29.7 Å². The Morgan fingerprint density at radius 3 is 2.77 bits per heavy atom. The lowest BCUT2D eigenvalue weighted by Crippen LogP contribution is -2.47. The van der Waals surface area contributed by atoms with Crippen LogP contribution in [-0.2, 0) is 0 Å². The average Bonchev–Trinajstić information content (AvgIpc) is 3.42. The number of nitrogens with zero attached hydrogens (tertiary/aromatic N) is 6. The molecule has 4 aromatic rings. The fourth-order valence-corrected chi connectivity index (χ4v) is 5.76. The highest BCUT2D eigenvalue weighted by molar-refractivity contribution is 7.21. The van der Waals surface area contributed by atoms with Crippen LogP contribution in [0, 0.1) is 12.7 Å². The van der Waals surface area contributed by atoms with Gasteiger partial charge in [-0.05, 0) is 38.7 Å². The highest BCUT2D eigenvalue weighted by Crippen LogP contribution is 2.34. The summed E-state index contributed by atoms with van der Waals surface area (Å²) in [6, 6.07) is 3.21. The standard InChI is InChI=1S/C21H22FN7S/c1-11-9-29-10-12(5-16(22)19(29)24-11)18-23-8-17-20(27-18)30-21(26-17)28(2)15-6-13-3-4-14(7-15)25-13/h5,8-10,13-15,25H,3-4,6-7H2,1-2H3/t13-,14+,15-. The van der Waals surface area contributed by atoms with Crippen molar-refractivity contribution in [3.63, 3.8) is 0 Å². The molecule has 3 atom stereocenters. The van der Waals surface area contributed by atoms with Gasteiger partial charge in [0.05, 0.1) is 11.9 Å². The van der Waals surface area contributed by atoms with E-state index in [1.807, 2.05) is 13.1 Å². The number of hydrogen-bond donors (Lipinski definition) is 1. The Morgan fingerprint density at radius 2 is 1.97 bits per heavy atom. The summed E-state index contributed by atoms with van der Waals surface area (Å²) in [7, 11) is 2.13. The number of anilines is 1. The number of piperidine rings is 1. The number of imidazole rings is 1. The summed E-state index contributed by atoms with van der Waals surface area (Å²) in [5, 5.41) is 4.66. The van der Waals surface area contributed by atoms with E-state index in [-0.39, 0.29) is 5.82 Å². The number of aromatic nitrogens is 5. The maximum atomic E-state index is 14.5. The Morgan fingerprint density at radius 1 is 1.17 bits per heavy atom. The summed E-state index contributed by atoms with van der Waals surface area (Å²) in [5.74, 6) is 0.113. The van der Waals surface area contributed by atoms with Crippen LogP contribution in [0.4, 0.5) is 9.52 Å². The third-order valence-corrected chi connectivity index (χ3v) is 7.38. The molecule has 1 N–H and O–H groups in total. The highest BCUT2D eigenvalue weighted by atomic mass is 32.1. The van der Waals surface area contributed by atoms with E-state index in [2.05, 4.69) is 27.2 Å². The van der Waals surface area contributed by atoms with Gasteiger partial charge in [0.1, 0.15) is 10.3 Å². The number of fused-ring (bicyclic) bond motifs is 4. The van der Waals surface area contributed by atoms with E-state index < -0.39 is 0 Å². The number of nitrogens with one attached hydrogen (secondary N) is 1. The molecule has 0 saturated carbocycles. The van der Waals surface area contributed by atoms with Gasteiger partial charge in [-0.25, -0.2) is 24.3 Å². The fourth-order valence-electron chi connectivity index (χ4n) is 4.82. The van der Waals surface area contributed by atoms with Crippen molar-refractivity contribution >= 4 is 32.5 Å². The number of hydrogen-bond acceptors (Lipinski definition) is 7. The van der Waals surface area contributed by atoms with Crippen LogP contribution >= 0.6 is 11.3 Å². The van der Waals surface area contributed by atoms with Crippen LogP contribution in [-0.4, -0.2) is 49.5 Å². The predicted molar refractivity (Wildman–Crippen MR) is 115 cm³/mol. The summed E-state index contributed by atoms with van der Waals surface area (Å²) >= 11 is 1.57. The molecule has 9 heteroatoms. The summed E-state index contributed by atoms with van der Waals surface area (Å²) in [4.78, 5) is 21.3. The van der Waals surface area contributed by atoms with Crippen molar-refractivity contribution in [2.24, 2.45) is 0 Å². The first-order valence-corrected chi connectivity index (χ1v) is 11.1. The molecule has 2 bridgehead atoms. The van der Waals surface area contributed by atoms with Gasteiger partial charge in [-0.2, -0.15) is 0 Å². The molecule has 0 spiro atoms. The second-order valence-corrected chi connectivity index (χ2v) is 9.40. The zero-order chi connectivity index (χ0) is 20.4. The lowest BCUT2D eigenvalue weighted by atomic mass is 9.99. The maximum absolute atomic E-state index is 14.5. The molecular weight excluding hydrogens is 401 g/mol. The molecule has 6 rings (SSSR count). The molecule has 30 heavy (non-hydrogen) atoms. The van der Waals surface area contributed by atoms with Crippen molar-refractivity contribution < 1.29 is 4.39 Å². The average molecular weight is 424 g/mol. The second-order valence-electron chi connectivity index (χ2n) is 8.44. The monoisotopic (exact) mass is 423 g/mol. The van der Waals surface area contributed by atoms with Crippen molar-refractivity contribution in [1.29, 1.82) is 0 Å². The molecule has 154 valence electrons. The molecule has 2 aliphatic rings. The van der Waals surface area contributed by atoms with Crippen LogP contribution < -0.4 is 10.2 Å². The van der Waals surface area contributed by atoms with Crippen LogP contribution in [0.25, 0.3) is 27.4 Å². The van der Waals surface area contributed by atoms with Crippen LogP contribution in [0.3, 0.4) is 0 Å². The van der Waals surface area contributed by atoms with Gasteiger partial charge in [0, 0.05) is 43.1 Å². The first-order valence-electron chi connectivity index (χ1n) is 10.3. The molecular formula is C21H22FN7S. The number of pyridine rings is 1. The number of rotatable bonds is 3. The van der Waals surface area contributed by atoms with Crippen molar-refractivity contribution in [2.75, 3.05) is 11.9 Å². The summed E-state index contributed by atoms with van der Waals surface area (Å²) in [6.45, 7) is 1.85. The van der Waals surface area contributed by atoms with Gasteiger partial charge in [-0.15, -0.1) is 0 Å². The smallest absolute Gasteiger partial charge is 0.187 e. The topological polar surface area (TPSA) is 71.2 Å². The molecule has 2 fully saturated rings. The molecule has 2 aliphatic heterocycles. The van der Waals surface area contributed by atoms with Gasteiger partial charge < -0.3 is 14.6 Å². The SMILES string of the molecule is Cc1cn2cc(-c3ncc4nc(N(C)[C@@H]5C[C@H]6CC[C@@H](C5)N6)sc4n3)cc(F)c2n1. The molecule has 6 heterocycles. The molecule has 0 amide bonds. The summed E-state index contributed by atoms with van der Waals surface area (Å²) in [6.07, 6.45) is 10.2. The molecule has 0 unspecified atom stereocenters. The lowest BCUT2D eigenvalue weighted by molar-refractivity contribution is 0.354. The Kier molecular flexibility index (Phi) is 4.04. The number of halogens is 1. The predicted octanol–water partition coefficient (Wildman–Crippen LogP) is 3.57. The normalized spacial score (nSPS) is 23.5. The molecule has 0 aromatic carbocycles. The molecule has 4 aromatic heterocycles.